The van der Waals surface area contributed by atoms with Crippen LogP contribution < -0.4 is 0 Å². The van der Waals surface area contributed by atoms with Gasteiger partial charge in [0.1, 0.15) is 0 Å². The number of rotatable bonds is 14. The second-order valence-electron chi connectivity index (χ2n) is 5.70. The van der Waals surface area contributed by atoms with Gasteiger partial charge in [0.15, 0.2) is 0 Å². The second kappa shape index (κ2) is 13.9. The summed E-state index contributed by atoms with van der Waals surface area (Å²) in [7, 11) is 0. The maximum atomic E-state index is 11.4. The summed E-state index contributed by atoms with van der Waals surface area (Å²) in [5.74, 6) is -1.02. The van der Waals surface area contributed by atoms with E-state index in [-0.39, 0.29) is 11.9 Å². The van der Waals surface area contributed by atoms with Gasteiger partial charge in [0.05, 0.1) is 12.5 Å². The molecule has 0 heterocycles. The molecule has 0 aromatic rings. The highest BCUT2D eigenvalue weighted by atomic mass is 16.5. The maximum absolute atomic E-state index is 11.4. The van der Waals surface area contributed by atoms with E-state index in [1.54, 1.807) is 0 Å². The number of esters is 1. The lowest BCUT2D eigenvalue weighted by Gasteiger charge is -2.11. The van der Waals surface area contributed by atoms with Gasteiger partial charge in [-0.1, -0.05) is 52.4 Å². The Hall–Kier alpha value is -1.06. The van der Waals surface area contributed by atoms with Crippen molar-refractivity contribution in [1.29, 1.82) is 0 Å². The van der Waals surface area contributed by atoms with Crippen LogP contribution in [0, 0.1) is 5.92 Å². The third-order valence-corrected chi connectivity index (χ3v) is 3.70. The van der Waals surface area contributed by atoms with Crippen molar-refractivity contribution in [2.24, 2.45) is 5.92 Å². The molecule has 0 bridgehead atoms. The first kappa shape index (κ1) is 19.9. The minimum absolute atomic E-state index is 0.119. The smallest absolute Gasteiger partial charge is 0.306 e. The molecule has 0 rings (SSSR count). The molecule has 0 saturated heterocycles. The van der Waals surface area contributed by atoms with Crippen LogP contribution in [-0.2, 0) is 14.3 Å². The van der Waals surface area contributed by atoms with E-state index >= 15 is 0 Å². The molecule has 0 radical (unpaired) electrons. The largest absolute Gasteiger partial charge is 0.481 e. The molecule has 1 N–H and O–H groups in total. The van der Waals surface area contributed by atoms with Gasteiger partial charge >= 0.3 is 11.9 Å². The molecule has 4 heteroatoms. The number of carboxylic acid groups (broad SMARTS) is 1. The predicted molar refractivity (Wildman–Crippen MR) is 84.2 cm³/mol. The molecule has 0 aliphatic heterocycles. The van der Waals surface area contributed by atoms with Crippen LogP contribution in [0.4, 0.5) is 0 Å². The fraction of sp³-hybridized carbons (Fsp3) is 0.882. The van der Waals surface area contributed by atoms with Crippen LogP contribution in [-0.4, -0.2) is 23.7 Å². The summed E-state index contributed by atoms with van der Waals surface area (Å²) in [6.45, 7) is 4.72. The van der Waals surface area contributed by atoms with Crippen LogP contribution in [0.1, 0.15) is 84.5 Å². The SMILES string of the molecule is CCCCCOC(=O)CCCCCC(CCCC)C(=O)O. The van der Waals surface area contributed by atoms with Crippen LogP contribution in [0.3, 0.4) is 0 Å². The zero-order valence-corrected chi connectivity index (χ0v) is 13.7. The van der Waals surface area contributed by atoms with Crippen molar-refractivity contribution >= 4 is 11.9 Å². The molecule has 124 valence electrons. The van der Waals surface area contributed by atoms with E-state index in [0.717, 1.165) is 64.2 Å². The van der Waals surface area contributed by atoms with Crippen molar-refractivity contribution in [3.8, 4) is 0 Å². The van der Waals surface area contributed by atoms with E-state index in [0.29, 0.717) is 13.0 Å². The Bertz CT molecular complexity index is 276. The number of carbonyl (C=O) groups is 2. The lowest BCUT2D eigenvalue weighted by Crippen LogP contribution is -2.13. The number of carbonyl (C=O) groups excluding carboxylic acids is 1. The summed E-state index contributed by atoms with van der Waals surface area (Å²) in [5.41, 5.74) is 0. The predicted octanol–water partition coefficient (Wildman–Crippen LogP) is 4.56. The molecule has 0 spiro atoms. The molecule has 0 aliphatic rings. The zero-order chi connectivity index (χ0) is 15.9. The summed E-state index contributed by atoms with van der Waals surface area (Å²) in [4.78, 5) is 22.5. The van der Waals surface area contributed by atoms with Gasteiger partial charge in [0.2, 0.25) is 0 Å². The van der Waals surface area contributed by atoms with E-state index in [2.05, 4.69) is 13.8 Å². The van der Waals surface area contributed by atoms with Gasteiger partial charge in [-0.3, -0.25) is 9.59 Å². The first-order chi connectivity index (χ1) is 10.1. The number of hydrogen-bond acceptors (Lipinski definition) is 3. The van der Waals surface area contributed by atoms with Crippen LogP contribution >= 0.6 is 0 Å². The summed E-state index contributed by atoms with van der Waals surface area (Å²) in [5, 5.41) is 9.11. The molecule has 0 saturated carbocycles. The Kier molecular flexibility index (Phi) is 13.2. The van der Waals surface area contributed by atoms with E-state index in [1.165, 1.54) is 0 Å². The molecule has 0 aromatic heterocycles. The van der Waals surface area contributed by atoms with Crippen molar-refractivity contribution in [2.75, 3.05) is 6.61 Å². The topological polar surface area (TPSA) is 63.6 Å². The van der Waals surface area contributed by atoms with Crippen LogP contribution in [0.2, 0.25) is 0 Å². The number of aliphatic carboxylic acids is 1. The van der Waals surface area contributed by atoms with Gasteiger partial charge in [-0.25, -0.2) is 0 Å². The zero-order valence-electron chi connectivity index (χ0n) is 13.7. The average molecular weight is 300 g/mol. The minimum atomic E-state index is -0.682. The minimum Gasteiger partial charge on any atom is -0.481 e. The quantitative estimate of drug-likeness (QED) is 0.377. The number of carboxylic acids is 1. The second-order valence-corrected chi connectivity index (χ2v) is 5.70. The van der Waals surface area contributed by atoms with Crippen LogP contribution in [0.15, 0.2) is 0 Å². The van der Waals surface area contributed by atoms with Gasteiger partial charge < -0.3 is 9.84 Å². The van der Waals surface area contributed by atoms with Gasteiger partial charge in [-0.05, 0) is 25.7 Å². The molecule has 21 heavy (non-hydrogen) atoms. The summed E-state index contributed by atoms with van der Waals surface area (Å²) in [6.07, 6.45) is 9.71. The molecule has 1 unspecified atom stereocenters. The lowest BCUT2D eigenvalue weighted by atomic mass is 9.95. The van der Waals surface area contributed by atoms with E-state index in [4.69, 9.17) is 9.84 Å². The van der Waals surface area contributed by atoms with Crippen molar-refractivity contribution in [2.45, 2.75) is 84.5 Å². The standard InChI is InChI=1S/C17H32O4/c1-3-5-10-14-21-16(18)13-9-7-8-12-15(17(19)20)11-6-4-2/h15H,3-14H2,1-2H3,(H,19,20). The normalized spacial score (nSPS) is 12.1. The lowest BCUT2D eigenvalue weighted by molar-refractivity contribution is -0.144. The van der Waals surface area contributed by atoms with Gasteiger partial charge in [-0.2, -0.15) is 0 Å². The van der Waals surface area contributed by atoms with E-state index < -0.39 is 5.97 Å². The summed E-state index contributed by atoms with van der Waals surface area (Å²) in [6, 6.07) is 0. The fourth-order valence-electron chi connectivity index (χ4n) is 2.29. The first-order valence-electron chi connectivity index (χ1n) is 8.50. The Labute approximate surface area is 129 Å². The highest BCUT2D eigenvalue weighted by Crippen LogP contribution is 2.17. The Morgan fingerprint density at radius 1 is 0.905 bits per heavy atom. The third-order valence-electron chi connectivity index (χ3n) is 3.70. The van der Waals surface area contributed by atoms with E-state index in [1.807, 2.05) is 0 Å². The first-order valence-corrected chi connectivity index (χ1v) is 8.50. The van der Waals surface area contributed by atoms with Gasteiger partial charge in [-0.15, -0.1) is 0 Å². The number of hydrogen-bond donors (Lipinski definition) is 1. The van der Waals surface area contributed by atoms with Crippen molar-refractivity contribution in [3.05, 3.63) is 0 Å². The van der Waals surface area contributed by atoms with Gasteiger partial charge in [0.25, 0.3) is 0 Å². The van der Waals surface area contributed by atoms with Crippen molar-refractivity contribution in [1.82, 2.24) is 0 Å². The van der Waals surface area contributed by atoms with Crippen molar-refractivity contribution in [3.63, 3.8) is 0 Å². The van der Waals surface area contributed by atoms with Crippen LogP contribution in [0.25, 0.3) is 0 Å². The number of unbranched alkanes of at least 4 members (excludes halogenated alkanes) is 5. The Balaban J connectivity index is 3.55. The molecule has 0 amide bonds. The molecule has 1 atom stereocenters. The molecule has 4 nitrogen and oxygen atoms in total. The molecular formula is C17H32O4. The number of ether oxygens (including phenoxy) is 1. The monoisotopic (exact) mass is 300 g/mol. The third kappa shape index (κ3) is 12.4. The molecule has 0 aromatic carbocycles. The molecule has 0 fully saturated rings. The van der Waals surface area contributed by atoms with Crippen molar-refractivity contribution < 1.29 is 19.4 Å². The Morgan fingerprint density at radius 2 is 1.57 bits per heavy atom. The highest BCUT2D eigenvalue weighted by Gasteiger charge is 2.15. The summed E-state index contributed by atoms with van der Waals surface area (Å²) >= 11 is 0. The van der Waals surface area contributed by atoms with Gasteiger partial charge in [0, 0.05) is 6.42 Å². The highest BCUT2D eigenvalue weighted by molar-refractivity contribution is 5.70. The maximum Gasteiger partial charge on any atom is 0.306 e. The van der Waals surface area contributed by atoms with E-state index in [9.17, 15) is 9.59 Å². The molecular weight excluding hydrogens is 268 g/mol. The fourth-order valence-corrected chi connectivity index (χ4v) is 2.29. The Morgan fingerprint density at radius 3 is 2.19 bits per heavy atom. The molecule has 0 aliphatic carbocycles. The van der Waals surface area contributed by atoms with Crippen LogP contribution in [0.5, 0.6) is 0 Å². The summed E-state index contributed by atoms with van der Waals surface area (Å²) < 4.78 is 5.13. The average Bonchev–Trinajstić information content (AvgIpc) is 2.46.